The molecule has 3 N–H and O–H groups in total. The SMILES string of the molecule is O=C(NC1CCC(C(=O)O)CC1)NC12CC3CC(CC(C3)C1)C2. The van der Waals surface area contributed by atoms with E-state index in [0.717, 1.165) is 30.6 Å². The summed E-state index contributed by atoms with van der Waals surface area (Å²) >= 11 is 0. The normalized spacial score (nSPS) is 44.8. The van der Waals surface area contributed by atoms with Crippen molar-refractivity contribution in [1.29, 1.82) is 0 Å². The Kier molecular flexibility index (Phi) is 3.77. The third kappa shape index (κ3) is 3.07. The summed E-state index contributed by atoms with van der Waals surface area (Å²) < 4.78 is 0. The van der Waals surface area contributed by atoms with E-state index in [0.29, 0.717) is 12.8 Å². The van der Waals surface area contributed by atoms with E-state index >= 15 is 0 Å². The van der Waals surface area contributed by atoms with Crippen molar-refractivity contribution in [2.75, 3.05) is 0 Å². The molecule has 0 spiro atoms. The molecule has 0 heterocycles. The number of carboxylic acids is 1. The standard InChI is InChI=1S/C18H28N2O3/c21-16(22)14-1-3-15(4-2-14)19-17(23)20-18-8-11-5-12(9-18)7-13(6-11)10-18/h11-15H,1-10H2,(H,21,22)(H2,19,20,23). The summed E-state index contributed by atoms with van der Waals surface area (Å²) in [4.78, 5) is 23.5. The van der Waals surface area contributed by atoms with Gasteiger partial charge in [0.05, 0.1) is 5.92 Å². The third-order valence-electron chi connectivity index (χ3n) is 6.83. The van der Waals surface area contributed by atoms with Gasteiger partial charge >= 0.3 is 12.0 Å². The number of rotatable bonds is 3. The molecule has 4 bridgehead atoms. The molecular weight excluding hydrogens is 292 g/mol. The zero-order valence-corrected chi connectivity index (χ0v) is 13.7. The number of carboxylic acid groups (broad SMARTS) is 1. The van der Waals surface area contributed by atoms with Gasteiger partial charge in [-0.25, -0.2) is 4.79 Å². The smallest absolute Gasteiger partial charge is 0.315 e. The third-order valence-corrected chi connectivity index (χ3v) is 6.83. The molecule has 5 aliphatic carbocycles. The van der Waals surface area contributed by atoms with Gasteiger partial charge in [0.25, 0.3) is 0 Å². The van der Waals surface area contributed by atoms with Crippen LogP contribution < -0.4 is 10.6 Å². The van der Waals surface area contributed by atoms with Crippen molar-refractivity contribution in [2.24, 2.45) is 23.7 Å². The maximum absolute atomic E-state index is 12.5. The van der Waals surface area contributed by atoms with Gasteiger partial charge < -0.3 is 15.7 Å². The molecule has 0 unspecified atom stereocenters. The molecule has 0 aliphatic heterocycles. The Morgan fingerprint density at radius 2 is 1.39 bits per heavy atom. The molecule has 5 heteroatoms. The lowest BCUT2D eigenvalue weighted by molar-refractivity contribution is -0.142. The van der Waals surface area contributed by atoms with E-state index < -0.39 is 5.97 Å². The van der Waals surface area contributed by atoms with E-state index in [9.17, 15) is 9.59 Å². The minimum atomic E-state index is -0.693. The monoisotopic (exact) mass is 320 g/mol. The second-order valence-electron chi connectivity index (χ2n) is 8.68. The fraction of sp³-hybridized carbons (Fsp3) is 0.889. The van der Waals surface area contributed by atoms with Crippen LogP contribution in [0, 0.1) is 23.7 Å². The molecule has 5 fully saturated rings. The minimum absolute atomic E-state index is 0.0225. The van der Waals surface area contributed by atoms with Gasteiger partial charge in [0.15, 0.2) is 0 Å². The van der Waals surface area contributed by atoms with E-state index in [4.69, 9.17) is 5.11 Å². The van der Waals surface area contributed by atoms with Crippen LogP contribution in [0.3, 0.4) is 0 Å². The molecule has 0 saturated heterocycles. The fourth-order valence-electron chi connectivity index (χ4n) is 6.21. The first kappa shape index (κ1) is 15.3. The molecular formula is C18H28N2O3. The molecule has 2 amide bonds. The van der Waals surface area contributed by atoms with Crippen LogP contribution in [0.15, 0.2) is 0 Å². The van der Waals surface area contributed by atoms with Crippen molar-refractivity contribution >= 4 is 12.0 Å². The maximum atomic E-state index is 12.5. The Balaban J connectivity index is 1.30. The summed E-state index contributed by atoms with van der Waals surface area (Å²) in [6.07, 6.45) is 10.5. The highest BCUT2D eigenvalue weighted by atomic mass is 16.4. The highest BCUT2D eigenvalue weighted by Gasteiger charge is 2.51. The molecule has 5 nitrogen and oxygen atoms in total. The Bertz CT molecular complexity index is 461. The molecule has 128 valence electrons. The minimum Gasteiger partial charge on any atom is -0.481 e. The highest BCUT2D eigenvalue weighted by Crippen LogP contribution is 2.55. The highest BCUT2D eigenvalue weighted by molar-refractivity contribution is 5.75. The Labute approximate surface area is 137 Å². The van der Waals surface area contributed by atoms with Gasteiger partial charge in [-0.05, 0) is 82.0 Å². The van der Waals surface area contributed by atoms with Crippen LogP contribution >= 0.6 is 0 Å². The lowest BCUT2D eigenvalue weighted by Gasteiger charge is -2.56. The zero-order valence-electron chi connectivity index (χ0n) is 13.7. The fourth-order valence-corrected chi connectivity index (χ4v) is 6.21. The number of aliphatic carboxylic acids is 1. The lowest BCUT2D eigenvalue weighted by Crippen LogP contribution is -2.62. The lowest BCUT2D eigenvalue weighted by atomic mass is 9.53. The Morgan fingerprint density at radius 3 is 1.87 bits per heavy atom. The molecule has 5 rings (SSSR count). The van der Waals surface area contributed by atoms with Crippen molar-refractivity contribution < 1.29 is 14.7 Å². The predicted molar refractivity (Wildman–Crippen MR) is 86.0 cm³/mol. The number of urea groups is 1. The second kappa shape index (κ2) is 5.67. The summed E-state index contributed by atoms with van der Waals surface area (Å²) in [5.41, 5.74) is 0.0527. The number of amides is 2. The van der Waals surface area contributed by atoms with E-state index in [1.165, 1.54) is 38.5 Å². The van der Waals surface area contributed by atoms with Crippen LogP contribution in [0.25, 0.3) is 0 Å². The number of hydrogen-bond acceptors (Lipinski definition) is 2. The molecule has 0 aromatic rings. The number of carbonyl (C=O) groups excluding carboxylic acids is 1. The van der Waals surface area contributed by atoms with Gasteiger partial charge in [0, 0.05) is 11.6 Å². The Hall–Kier alpha value is -1.26. The van der Waals surface area contributed by atoms with Crippen molar-refractivity contribution in [2.45, 2.75) is 75.8 Å². The van der Waals surface area contributed by atoms with Gasteiger partial charge in [-0.1, -0.05) is 0 Å². The molecule has 5 saturated carbocycles. The zero-order chi connectivity index (χ0) is 16.0. The van der Waals surface area contributed by atoms with Crippen molar-refractivity contribution in [3.05, 3.63) is 0 Å². The van der Waals surface area contributed by atoms with Crippen LogP contribution in [0.4, 0.5) is 4.79 Å². The Morgan fingerprint density at radius 1 is 0.870 bits per heavy atom. The van der Waals surface area contributed by atoms with Crippen molar-refractivity contribution in [3.63, 3.8) is 0 Å². The average molecular weight is 320 g/mol. The largest absolute Gasteiger partial charge is 0.481 e. The average Bonchev–Trinajstić information content (AvgIpc) is 2.45. The molecule has 23 heavy (non-hydrogen) atoms. The van der Waals surface area contributed by atoms with Gasteiger partial charge in [-0.15, -0.1) is 0 Å². The quantitative estimate of drug-likeness (QED) is 0.748. The van der Waals surface area contributed by atoms with E-state index in [-0.39, 0.29) is 23.5 Å². The van der Waals surface area contributed by atoms with E-state index in [1.54, 1.807) is 0 Å². The summed E-state index contributed by atoms with van der Waals surface area (Å²) in [5.74, 6) is 1.56. The van der Waals surface area contributed by atoms with Crippen LogP contribution in [0.1, 0.15) is 64.2 Å². The summed E-state index contributed by atoms with van der Waals surface area (Å²) in [6, 6.07) is 0.116. The first-order valence-electron chi connectivity index (χ1n) is 9.33. The van der Waals surface area contributed by atoms with Gasteiger partial charge in [-0.3, -0.25) is 4.79 Å². The molecule has 0 aromatic heterocycles. The van der Waals surface area contributed by atoms with Crippen LogP contribution in [0.5, 0.6) is 0 Å². The number of carbonyl (C=O) groups is 2. The second-order valence-corrected chi connectivity index (χ2v) is 8.68. The van der Waals surface area contributed by atoms with E-state index in [1.807, 2.05) is 0 Å². The van der Waals surface area contributed by atoms with Gasteiger partial charge in [-0.2, -0.15) is 0 Å². The molecule has 0 aromatic carbocycles. The van der Waals surface area contributed by atoms with E-state index in [2.05, 4.69) is 10.6 Å². The molecule has 0 radical (unpaired) electrons. The first-order chi connectivity index (χ1) is 11.0. The summed E-state index contributed by atoms with van der Waals surface area (Å²) in [6.45, 7) is 0. The molecule has 5 aliphatic rings. The van der Waals surface area contributed by atoms with Crippen LogP contribution in [-0.4, -0.2) is 28.7 Å². The summed E-state index contributed by atoms with van der Waals surface area (Å²) in [5, 5.41) is 15.5. The van der Waals surface area contributed by atoms with Crippen LogP contribution in [-0.2, 0) is 4.79 Å². The number of hydrogen-bond donors (Lipinski definition) is 3. The predicted octanol–water partition coefficient (Wildman–Crippen LogP) is 2.90. The topological polar surface area (TPSA) is 78.4 Å². The van der Waals surface area contributed by atoms with Gasteiger partial charge in [0.1, 0.15) is 0 Å². The van der Waals surface area contributed by atoms with Crippen LogP contribution in [0.2, 0.25) is 0 Å². The summed E-state index contributed by atoms with van der Waals surface area (Å²) in [7, 11) is 0. The van der Waals surface area contributed by atoms with Crippen molar-refractivity contribution in [3.8, 4) is 0 Å². The first-order valence-corrected chi connectivity index (χ1v) is 9.33. The van der Waals surface area contributed by atoms with Crippen molar-refractivity contribution in [1.82, 2.24) is 10.6 Å². The van der Waals surface area contributed by atoms with Gasteiger partial charge in [0.2, 0.25) is 0 Å². The maximum Gasteiger partial charge on any atom is 0.315 e. The number of nitrogens with one attached hydrogen (secondary N) is 2. The molecule has 0 atom stereocenters.